The highest BCUT2D eigenvalue weighted by Crippen LogP contribution is 2.40. The molecule has 1 aliphatic heterocycles. The van der Waals surface area contributed by atoms with Crippen LogP contribution in [0.5, 0.6) is 11.5 Å². The van der Waals surface area contributed by atoms with E-state index in [0.29, 0.717) is 45.9 Å². The number of hydrogen-bond acceptors (Lipinski definition) is 3. The second kappa shape index (κ2) is 6.05. The number of ether oxygens (including phenoxy) is 2. The zero-order chi connectivity index (χ0) is 15.0. The zero-order valence-corrected chi connectivity index (χ0v) is 13.9. The molecule has 0 bridgehead atoms. The Morgan fingerprint density at radius 2 is 1.67 bits per heavy atom. The molecule has 2 aromatic carbocycles. The molecule has 3 nitrogen and oxygen atoms in total. The fraction of sp³-hybridized carbons (Fsp3) is 0.200. The highest BCUT2D eigenvalue weighted by molar-refractivity contribution is 9.10. The Kier molecular flexibility index (Phi) is 4.31. The lowest BCUT2D eigenvalue weighted by atomic mass is 10.0. The number of benzene rings is 2. The summed E-state index contributed by atoms with van der Waals surface area (Å²) in [5, 5.41) is 11.6. The van der Waals surface area contributed by atoms with Crippen molar-refractivity contribution in [3.8, 4) is 11.5 Å². The zero-order valence-electron chi connectivity index (χ0n) is 10.8. The highest BCUT2D eigenvalue weighted by Gasteiger charge is 2.21. The summed E-state index contributed by atoms with van der Waals surface area (Å²) in [6.07, 6.45) is -0.915. The van der Waals surface area contributed by atoms with Crippen molar-refractivity contribution < 1.29 is 14.6 Å². The Labute approximate surface area is 140 Å². The molecule has 1 atom stereocenters. The van der Waals surface area contributed by atoms with E-state index in [4.69, 9.17) is 32.7 Å². The molecule has 0 radical (unpaired) electrons. The highest BCUT2D eigenvalue weighted by atomic mass is 79.9. The van der Waals surface area contributed by atoms with Gasteiger partial charge in [0.05, 0.1) is 0 Å². The van der Waals surface area contributed by atoms with Gasteiger partial charge in [-0.1, -0.05) is 39.1 Å². The van der Waals surface area contributed by atoms with Crippen LogP contribution in [-0.2, 0) is 0 Å². The average molecular weight is 390 g/mol. The van der Waals surface area contributed by atoms with Crippen LogP contribution in [0.2, 0.25) is 10.0 Å². The molecule has 0 spiro atoms. The summed E-state index contributed by atoms with van der Waals surface area (Å²) >= 11 is 15.6. The van der Waals surface area contributed by atoms with Crippen molar-refractivity contribution in [2.45, 2.75) is 6.10 Å². The molecule has 0 aliphatic carbocycles. The Morgan fingerprint density at radius 1 is 1.00 bits per heavy atom. The van der Waals surface area contributed by atoms with Gasteiger partial charge in [-0.15, -0.1) is 0 Å². The third-order valence-corrected chi connectivity index (χ3v) is 4.47. The van der Waals surface area contributed by atoms with Crippen LogP contribution in [0.1, 0.15) is 17.2 Å². The van der Waals surface area contributed by atoms with E-state index in [0.717, 1.165) is 4.47 Å². The van der Waals surface area contributed by atoms with Crippen LogP contribution < -0.4 is 9.47 Å². The van der Waals surface area contributed by atoms with E-state index in [-0.39, 0.29) is 0 Å². The molecule has 1 heterocycles. The molecule has 110 valence electrons. The first-order valence-electron chi connectivity index (χ1n) is 6.28. The molecule has 0 saturated carbocycles. The van der Waals surface area contributed by atoms with Gasteiger partial charge in [0.15, 0.2) is 11.5 Å². The van der Waals surface area contributed by atoms with Gasteiger partial charge in [0.2, 0.25) is 0 Å². The summed E-state index contributed by atoms with van der Waals surface area (Å²) < 4.78 is 11.8. The maximum atomic E-state index is 10.6. The molecule has 1 aliphatic rings. The monoisotopic (exact) mass is 388 g/mol. The molecule has 1 unspecified atom stereocenters. The lowest BCUT2D eigenvalue weighted by Crippen LogP contribution is -2.16. The van der Waals surface area contributed by atoms with E-state index < -0.39 is 6.10 Å². The molecular formula is C15H11BrCl2O3. The SMILES string of the molecule is OC(c1cc(Cl)ccc1Cl)c1cc2c(cc1Br)OCCO2. The Balaban J connectivity index is 2.05. The van der Waals surface area contributed by atoms with Gasteiger partial charge in [-0.25, -0.2) is 0 Å². The van der Waals surface area contributed by atoms with E-state index in [1.807, 2.05) is 0 Å². The van der Waals surface area contributed by atoms with Gasteiger partial charge >= 0.3 is 0 Å². The number of aliphatic hydroxyl groups excluding tert-OH is 1. The first-order chi connectivity index (χ1) is 10.1. The minimum Gasteiger partial charge on any atom is -0.486 e. The summed E-state index contributed by atoms with van der Waals surface area (Å²) in [6.45, 7) is 1.00. The molecule has 0 aromatic heterocycles. The summed E-state index contributed by atoms with van der Waals surface area (Å²) in [4.78, 5) is 0. The molecule has 0 amide bonds. The fourth-order valence-corrected chi connectivity index (χ4v) is 3.12. The maximum absolute atomic E-state index is 10.6. The van der Waals surface area contributed by atoms with Gasteiger partial charge < -0.3 is 14.6 Å². The topological polar surface area (TPSA) is 38.7 Å². The second-order valence-electron chi connectivity index (χ2n) is 4.59. The third-order valence-electron chi connectivity index (χ3n) is 3.21. The van der Waals surface area contributed by atoms with Crippen molar-refractivity contribution >= 4 is 39.1 Å². The van der Waals surface area contributed by atoms with E-state index in [2.05, 4.69) is 15.9 Å². The summed E-state index contributed by atoms with van der Waals surface area (Å²) in [5.74, 6) is 1.26. The summed E-state index contributed by atoms with van der Waals surface area (Å²) in [5.41, 5.74) is 1.19. The molecule has 0 fully saturated rings. The van der Waals surface area contributed by atoms with Crippen molar-refractivity contribution in [1.29, 1.82) is 0 Å². The molecule has 3 rings (SSSR count). The predicted molar refractivity (Wildman–Crippen MR) is 85.7 cm³/mol. The van der Waals surface area contributed by atoms with Gasteiger partial charge in [0.25, 0.3) is 0 Å². The predicted octanol–water partition coefficient (Wildman–Crippen LogP) is 4.61. The number of fused-ring (bicyclic) bond motifs is 1. The number of rotatable bonds is 2. The third kappa shape index (κ3) is 2.99. The number of hydrogen-bond donors (Lipinski definition) is 1. The van der Waals surface area contributed by atoms with Gasteiger partial charge in [0, 0.05) is 25.6 Å². The fourth-order valence-electron chi connectivity index (χ4n) is 2.18. The summed E-state index contributed by atoms with van der Waals surface area (Å²) in [6, 6.07) is 8.52. The molecule has 2 aromatic rings. The van der Waals surface area contributed by atoms with Crippen molar-refractivity contribution in [2.24, 2.45) is 0 Å². The lowest BCUT2D eigenvalue weighted by molar-refractivity contribution is 0.169. The molecule has 21 heavy (non-hydrogen) atoms. The van der Waals surface area contributed by atoms with Gasteiger partial charge in [-0.3, -0.25) is 0 Å². The van der Waals surface area contributed by atoms with E-state index >= 15 is 0 Å². The quantitative estimate of drug-likeness (QED) is 0.815. The van der Waals surface area contributed by atoms with Gasteiger partial charge in [0.1, 0.15) is 19.3 Å². The van der Waals surface area contributed by atoms with Crippen LogP contribution in [0.15, 0.2) is 34.8 Å². The van der Waals surface area contributed by atoms with Crippen molar-refractivity contribution in [2.75, 3.05) is 13.2 Å². The smallest absolute Gasteiger partial charge is 0.162 e. The van der Waals surface area contributed by atoms with E-state index in [1.165, 1.54) is 0 Å². The molecular weight excluding hydrogens is 379 g/mol. The van der Waals surface area contributed by atoms with Crippen molar-refractivity contribution in [3.63, 3.8) is 0 Å². The van der Waals surface area contributed by atoms with Crippen LogP contribution in [0, 0.1) is 0 Å². The van der Waals surface area contributed by atoms with Crippen LogP contribution in [-0.4, -0.2) is 18.3 Å². The normalized spacial score (nSPS) is 14.9. The van der Waals surface area contributed by atoms with Crippen molar-refractivity contribution in [3.05, 3.63) is 56.0 Å². The minimum atomic E-state index is -0.915. The van der Waals surface area contributed by atoms with Gasteiger partial charge in [-0.2, -0.15) is 0 Å². The van der Waals surface area contributed by atoms with Crippen LogP contribution >= 0.6 is 39.1 Å². The molecule has 1 N–H and O–H groups in total. The first-order valence-corrected chi connectivity index (χ1v) is 7.83. The Morgan fingerprint density at radius 3 is 2.38 bits per heavy atom. The average Bonchev–Trinajstić information content (AvgIpc) is 2.48. The first kappa shape index (κ1) is 15.0. The Bertz CT molecular complexity index is 691. The molecule has 0 saturated heterocycles. The Hall–Kier alpha value is -0.940. The standard InChI is InChI=1S/C15H11BrCl2O3/c16-11-7-14-13(20-3-4-21-14)6-9(11)15(19)10-5-8(17)1-2-12(10)18/h1-2,5-7,15,19H,3-4H2. The maximum Gasteiger partial charge on any atom is 0.162 e. The van der Waals surface area contributed by atoms with Crippen LogP contribution in [0.3, 0.4) is 0 Å². The largest absolute Gasteiger partial charge is 0.486 e. The lowest BCUT2D eigenvalue weighted by Gasteiger charge is -2.22. The number of aliphatic hydroxyl groups is 1. The minimum absolute atomic E-state index is 0.452. The number of halogens is 3. The van der Waals surface area contributed by atoms with Crippen LogP contribution in [0.4, 0.5) is 0 Å². The van der Waals surface area contributed by atoms with Crippen molar-refractivity contribution in [1.82, 2.24) is 0 Å². The van der Waals surface area contributed by atoms with E-state index in [9.17, 15) is 5.11 Å². The molecule has 6 heteroatoms. The van der Waals surface area contributed by atoms with Crippen LogP contribution in [0.25, 0.3) is 0 Å². The van der Waals surface area contributed by atoms with Gasteiger partial charge in [-0.05, 0) is 30.3 Å². The van der Waals surface area contributed by atoms with E-state index in [1.54, 1.807) is 30.3 Å². The summed E-state index contributed by atoms with van der Waals surface area (Å²) in [7, 11) is 0. The second-order valence-corrected chi connectivity index (χ2v) is 6.28.